The summed E-state index contributed by atoms with van der Waals surface area (Å²) in [5.74, 6) is -3.93. The zero-order valence-corrected chi connectivity index (χ0v) is 12.1. The molecule has 0 aromatic heterocycles. The van der Waals surface area contributed by atoms with E-state index in [1.54, 1.807) is 0 Å². The number of hydrogen-bond acceptors (Lipinski definition) is 2. The van der Waals surface area contributed by atoms with Gasteiger partial charge in [-0.3, -0.25) is 9.59 Å². The molecule has 4 nitrogen and oxygen atoms in total. The van der Waals surface area contributed by atoms with E-state index in [0.717, 1.165) is 18.2 Å². The minimum atomic E-state index is -1.05. The summed E-state index contributed by atoms with van der Waals surface area (Å²) in [6.45, 7) is 1.36. The molecular weight excluding hydrogens is 309 g/mol. The van der Waals surface area contributed by atoms with Crippen LogP contribution in [0.4, 0.5) is 18.9 Å². The van der Waals surface area contributed by atoms with E-state index in [1.165, 1.54) is 25.1 Å². The Balaban J connectivity index is 2.03. The van der Waals surface area contributed by atoms with Crippen LogP contribution in [0.25, 0.3) is 0 Å². The van der Waals surface area contributed by atoms with Gasteiger partial charge in [-0.1, -0.05) is 12.1 Å². The number of nitrogens with one attached hydrogen (secondary N) is 2. The van der Waals surface area contributed by atoms with Crippen molar-refractivity contribution in [1.29, 1.82) is 0 Å². The molecule has 0 aliphatic rings. The summed E-state index contributed by atoms with van der Waals surface area (Å²) >= 11 is 0. The first-order valence-corrected chi connectivity index (χ1v) is 6.70. The maximum atomic E-state index is 13.5. The lowest BCUT2D eigenvalue weighted by Gasteiger charge is -2.14. The second-order valence-corrected chi connectivity index (χ2v) is 4.79. The summed E-state index contributed by atoms with van der Waals surface area (Å²) in [4.78, 5) is 23.8. The fourth-order valence-corrected chi connectivity index (χ4v) is 1.82. The maximum absolute atomic E-state index is 13.5. The summed E-state index contributed by atoms with van der Waals surface area (Å²) < 4.78 is 39.7. The molecule has 0 aliphatic heterocycles. The van der Waals surface area contributed by atoms with E-state index in [1.807, 2.05) is 0 Å². The molecule has 0 saturated heterocycles. The first-order valence-electron chi connectivity index (χ1n) is 6.70. The first kappa shape index (κ1) is 16.5. The Kier molecular flexibility index (Phi) is 5.00. The van der Waals surface area contributed by atoms with Gasteiger partial charge < -0.3 is 10.6 Å². The van der Waals surface area contributed by atoms with Gasteiger partial charge in [0.25, 0.3) is 5.91 Å². The highest BCUT2D eigenvalue weighted by molar-refractivity contribution is 6.01. The molecule has 0 unspecified atom stereocenters. The second-order valence-electron chi connectivity index (χ2n) is 4.79. The molecule has 2 aromatic rings. The number of benzene rings is 2. The van der Waals surface area contributed by atoms with E-state index in [0.29, 0.717) is 6.07 Å². The molecule has 2 rings (SSSR count). The van der Waals surface area contributed by atoms with Crippen molar-refractivity contribution in [3.63, 3.8) is 0 Å². The number of carbonyl (C=O) groups excluding carboxylic acids is 2. The quantitative estimate of drug-likeness (QED) is 0.909. The number of halogens is 3. The van der Waals surface area contributed by atoms with Gasteiger partial charge in [0.05, 0.1) is 11.3 Å². The topological polar surface area (TPSA) is 58.2 Å². The number of rotatable bonds is 4. The number of amides is 2. The zero-order valence-electron chi connectivity index (χ0n) is 12.1. The summed E-state index contributed by atoms with van der Waals surface area (Å²) in [5, 5.41) is 4.52. The van der Waals surface area contributed by atoms with Crippen LogP contribution in [-0.4, -0.2) is 17.9 Å². The van der Waals surface area contributed by atoms with Gasteiger partial charge in [0.1, 0.15) is 23.5 Å². The van der Waals surface area contributed by atoms with E-state index in [2.05, 4.69) is 10.6 Å². The predicted molar refractivity (Wildman–Crippen MR) is 78.3 cm³/mol. The lowest BCUT2D eigenvalue weighted by atomic mass is 10.2. The molecule has 23 heavy (non-hydrogen) atoms. The zero-order chi connectivity index (χ0) is 17.0. The van der Waals surface area contributed by atoms with Crippen molar-refractivity contribution in [2.75, 3.05) is 5.32 Å². The van der Waals surface area contributed by atoms with Crippen LogP contribution in [-0.2, 0) is 4.79 Å². The van der Waals surface area contributed by atoms with Crippen molar-refractivity contribution in [1.82, 2.24) is 5.32 Å². The van der Waals surface area contributed by atoms with E-state index < -0.39 is 35.3 Å². The third-order valence-electron chi connectivity index (χ3n) is 3.05. The largest absolute Gasteiger partial charge is 0.340 e. The molecule has 0 bridgehead atoms. The molecule has 2 amide bonds. The maximum Gasteiger partial charge on any atom is 0.254 e. The molecule has 2 N–H and O–H groups in total. The van der Waals surface area contributed by atoms with Gasteiger partial charge in [-0.05, 0) is 31.2 Å². The minimum absolute atomic E-state index is 0.208. The van der Waals surface area contributed by atoms with Crippen LogP contribution in [0.5, 0.6) is 0 Å². The Labute approximate surface area is 130 Å². The fourth-order valence-electron chi connectivity index (χ4n) is 1.82. The third-order valence-corrected chi connectivity index (χ3v) is 3.05. The van der Waals surface area contributed by atoms with Crippen molar-refractivity contribution < 1.29 is 22.8 Å². The monoisotopic (exact) mass is 322 g/mol. The van der Waals surface area contributed by atoms with Crippen LogP contribution in [0.15, 0.2) is 42.5 Å². The van der Waals surface area contributed by atoms with E-state index in [-0.39, 0.29) is 11.3 Å². The average Bonchev–Trinajstić information content (AvgIpc) is 2.50. The molecular formula is C16H13F3N2O2. The highest BCUT2D eigenvalue weighted by atomic mass is 19.1. The predicted octanol–water partition coefficient (Wildman–Crippen LogP) is 2.86. The fraction of sp³-hybridized carbons (Fsp3) is 0.125. The van der Waals surface area contributed by atoms with Gasteiger partial charge >= 0.3 is 0 Å². The van der Waals surface area contributed by atoms with Gasteiger partial charge in [0.2, 0.25) is 5.91 Å². The van der Waals surface area contributed by atoms with E-state index >= 15 is 0 Å². The highest BCUT2D eigenvalue weighted by Crippen LogP contribution is 2.15. The first-order chi connectivity index (χ1) is 10.9. The molecule has 2 aromatic carbocycles. The van der Waals surface area contributed by atoms with Gasteiger partial charge in [0, 0.05) is 6.07 Å². The molecule has 1 atom stereocenters. The van der Waals surface area contributed by atoms with Crippen LogP contribution >= 0.6 is 0 Å². The van der Waals surface area contributed by atoms with Crippen LogP contribution in [0.2, 0.25) is 0 Å². The molecule has 0 saturated carbocycles. The number of anilines is 1. The van der Waals surface area contributed by atoms with Crippen molar-refractivity contribution in [2.45, 2.75) is 13.0 Å². The lowest BCUT2D eigenvalue weighted by molar-refractivity contribution is -0.117. The van der Waals surface area contributed by atoms with Crippen molar-refractivity contribution in [2.24, 2.45) is 0 Å². The van der Waals surface area contributed by atoms with Crippen molar-refractivity contribution in [3.05, 3.63) is 65.5 Å². The molecule has 0 radical (unpaired) electrons. The van der Waals surface area contributed by atoms with Gasteiger partial charge in [-0.15, -0.1) is 0 Å². The summed E-state index contributed by atoms with van der Waals surface area (Å²) in [7, 11) is 0. The van der Waals surface area contributed by atoms with Crippen molar-refractivity contribution >= 4 is 17.5 Å². The smallest absolute Gasteiger partial charge is 0.254 e. The van der Waals surface area contributed by atoms with Crippen molar-refractivity contribution in [3.8, 4) is 0 Å². The van der Waals surface area contributed by atoms with Crippen LogP contribution < -0.4 is 10.6 Å². The normalized spacial score (nSPS) is 11.7. The van der Waals surface area contributed by atoms with Gasteiger partial charge in [0.15, 0.2) is 0 Å². The Morgan fingerprint density at radius 1 is 1.00 bits per heavy atom. The van der Waals surface area contributed by atoms with Crippen LogP contribution in [0.3, 0.4) is 0 Å². The Bertz CT molecular complexity index is 750. The standard InChI is InChI=1S/C16H13F3N2O2/c1-9(20-16(23)11-4-2-3-5-12(11)18)15(22)21-14-7-6-10(17)8-13(14)19/h2-9H,1H3,(H,20,23)(H,21,22)/t9-/m0/s1. The van der Waals surface area contributed by atoms with E-state index in [4.69, 9.17) is 0 Å². The molecule has 0 aliphatic carbocycles. The highest BCUT2D eigenvalue weighted by Gasteiger charge is 2.19. The second kappa shape index (κ2) is 6.95. The molecule has 0 spiro atoms. The summed E-state index contributed by atoms with van der Waals surface area (Å²) in [6, 6.07) is 6.93. The van der Waals surface area contributed by atoms with Crippen LogP contribution in [0.1, 0.15) is 17.3 Å². The van der Waals surface area contributed by atoms with Crippen LogP contribution in [0, 0.1) is 17.5 Å². The average molecular weight is 322 g/mol. The Hall–Kier alpha value is -2.83. The number of hydrogen-bond donors (Lipinski definition) is 2. The number of carbonyl (C=O) groups is 2. The SMILES string of the molecule is C[C@H](NC(=O)c1ccccc1F)C(=O)Nc1ccc(F)cc1F. The molecule has 0 heterocycles. The Morgan fingerprint density at radius 2 is 1.70 bits per heavy atom. The van der Waals surface area contributed by atoms with Gasteiger partial charge in [-0.25, -0.2) is 13.2 Å². The van der Waals surface area contributed by atoms with E-state index in [9.17, 15) is 22.8 Å². The minimum Gasteiger partial charge on any atom is -0.340 e. The van der Waals surface area contributed by atoms with Gasteiger partial charge in [-0.2, -0.15) is 0 Å². The molecule has 120 valence electrons. The molecule has 7 heteroatoms. The molecule has 0 fully saturated rings. The lowest BCUT2D eigenvalue weighted by Crippen LogP contribution is -2.42. The Morgan fingerprint density at radius 3 is 2.35 bits per heavy atom. The third kappa shape index (κ3) is 4.09. The summed E-state index contributed by atoms with van der Waals surface area (Å²) in [6.07, 6.45) is 0. The summed E-state index contributed by atoms with van der Waals surface area (Å²) in [5.41, 5.74) is -0.427.